The molecule has 0 radical (unpaired) electrons. The fourth-order valence-electron chi connectivity index (χ4n) is 2.45. The molecular weight excluding hydrogens is 354 g/mol. The van der Waals surface area contributed by atoms with Crippen LogP contribution in [-0.2, 0) is 21.1 Å². The van der Waals surface area contributed by atoms with Gasteiger partial charge in [-0.1, -0.05) is 28.6 Å². The lowest BCUT2D eigenvalue weighted by Gasteiger charge is -2.23. The smallest absolute Gasteiger partial charge is 0.228 e. The van der Waals surface area contributed by atoms with Gasteiger partial charge in [-0.3, -0.25) is 4.79 Å². The van der Waals surface area contributed by atoms with E-state index in [1.165, 1.54) is 0 Å². The SMILES string of the molecule is C=CS(=O)(=O)CCC(=O)N1CCCCc2c(Br)cccc21. The highest BCUT2D eigenvalue weighted by Crippen LogP contribution is 2.32. The van der Waals surface area contributed by atoms with Crippen molar-refractivity contribution >= 4 is 37.4 Å². The second-order valence-corrected chi connectivity index (χ2v) is 7.95. The second-order valence-electron chi connectivity index (χ2n) is 5.02. The third kappa shape index (κ3) is 3.95. The van der Waals surface area contributed by atoms with Gasteiger partial charge in [0.15, 0.2) is 9.84 Å². The summed E-state index contributed by atoms with van der Waals surface area (Å²) < 4.78 is 23.9. The van der Waals surface area contributed by atoms with Crippen LogP contribution in [0.15, 0.2) is 34.7 Å². The normalized spacial score (nSPS) is 15.2. The van der Waals surface area contributed by atoms with Crippen LogP contribution >= 0.6 is 15.9 Å². The average molecular weight is 372 g/mol. The molecule has 0 unspecified atom stereocenters. The van der Waals surface area contributed by atoms with E-state index in [9.17, 15) is 13.2 Å². The van der Waals surface area contributed by atoms with Crippen molar-refractivity contribution in [3.63, 3.8) is 0 Å². The summed E-state index contributed by atoms with van der Waals surface area (Å²) >= 11 is 3.53. The number of nitrogens with zero attached hydrogens (tertiary/aromatic N) is 1. The molecule has 0 bridgehead atoms. The van der Waals surface area contributed by atoms with E-state index in [0.717, 1.165) is 40.4 Å². The van der Waals surface area contributed by atoms with E-state index in [0.29, 0.717) is 6.54 Å². The standard InChI is InChI=1S/C15H18BrNO3S/c1-2-21(19,20)11-9-15(18)17-10-4-3-6-12-13(16)7-5-8-14(12)17/h2,5,7-8H,1,3-4,6,9-11H2. The maximum atomic E-state index is 12.4. The van der Waals surface area contributed by atoms with Crippen LogP contribution < -0.4 is 4.90 Å². The molecule has 0 atom stereocenters. The number of halogens is 1. The zero-order valence-electron chi connectivity index (χ0n) is 11.7. The van der Waals surface area contributed by atoms with Crippen LogP contribution in [0.1, 0.15) is 24.8 Å². The van der Waals surface area contributed by atoms with Crippen molar-refractivity contribution in [1.29, 1.82) is 0 Å². The van der Waals surface area contributed by atoms with E-state index in [-0.39, 0.29) is 18.1 Å². The Morgan fingerprint density at radius 3 is 2.86 bits per heavy atom. The van der Waals surface area contributed by atoms with Gasteiger partial charge in [0.1, 0.15) is 0 Å². The summed E-state index contributed by atoms with van der Waals surface area (Å²) in [6.45, 7) is 3.90. The molecule has 6 heteroatoms. The molecule has 1 heterocycles. The van der Waals surface area contributed by atoms with Gasteiger partial charge in [-0.2, -0.15) is 0 Å². The highest BCUT2D eigenvalue weighted by Gasteiger charge is 2.23. The number of hydrogen-bond acceptors (Lipinski definition) is 3. The minimum atomic E-state index is -3.34. The summed E-state index contributed by atoms with van der Waals surface area (Å²) in [5.74, 6) is -0.337. The largest absolute Gasteiger partial charge is 0.312 e. The topological polar surface area (TPSA) is 54.5 Å². The first kappa shape index (κ1) is 16.2. The minimum absolute atomic E-state index is 0.0136. The predicted octanol–water partition coefficient (Wildman–Crippen LogP) is 3.07. The average Bonchev–Trinajstić information content (AvgIpc) is 2.68. The van der Waals surface area contributed by atoms with Crippen molar-refractivity contribution in [1.82, 2.24) is 0 Å². The summed E-state index contributed by atoms with van der Waals surface area (Å²) in [5.41, 5.74) is 2.01. The first-order valence-corrected chi connectivity index (χ1v) is 9.38. The zero-order chi connectivity index (χ0) is 15.5. The number of hydrogen-bond donors (Lipinski definition) is 0. The van der Waals surface area contributed by atoms with Gasteiger partial charge in [-0.25, -0.2) is 8.42 Å². The molecule has 0 aliphatic carbocycles. The number of carbonyl (C=O) groups is 1. The summed E-state index contributed by atoms with van der Waals surface area (Å²) in [6, 6.07) is 5.79. The van der Waals surface area contributed by atoms with E-state index < -0.39 is 9.84 Å². The van der Waals surface area contributed by atoms with Gasteiger partial charge >= 0.3 is 0 Å². The number of sulfone groups is 1. The van der Waals surface area contributed by atoms with Gasteiger partial charge in [0.25, 0.3) is 0 Å². The van der Waals surface area contributed by atoms with Crippen molar-refractivity contribution in [2.45, 2.75) is 25.7 Å². The quantitative estimate of drug-likeness (QED) is 0.816. The fourth-order valence-corrected chi connectivity index (χ4v) is 3.63. The highest BCUT2D eigenvalue weighted by atomic mass is 79.9. The molecule has 0 fully saturated rings. The number of amides is 1. The Labute approximate surface area is 133 Å². The molecule has 0 aromatic heterocycles. The maximum absolute atomic E-state index is 12.4. The van der Waals surface area contributed by atoms with Crippen molar-refractivity contribution in [3.05, 3.63) is 40.2 Å². The van der Waals surface area contributed by atoms with Crippen LogP contribution in [0.25, 0.3) is 0 Å². The van der Waals surface area contributed by atoms with E-state index in [2.05, 4.69) is 22.5 Å². The Bertz CT molecular complexity index is 655. The zero-order valence-corrected chi connectivity index (χ0v) is 14.1. The Balaban J connectivity index is 2.22. The number of fused-ring (bicyclic) bond motifs is 1. The van der Waals surface area contributed by atoms with Crippen LogP contribution in [-0.4, -0.2) is 26.6 Å². The monoisotopic (exact) mass is 371 g/mol. The summed E-state index contributed by atoms with van der Waals surface area (Å²) in [6.07, 6.45) is 2.84. The Morgan fingerprint density at radius 2 is 2.14 bits per heavy atom. The Morgan fingerprint density at radius 1 is 1.38 bits per heavy atom. The molecule has 0 spiro atoms. The summed E-state index contributed by atoms with van der Waals surface area (Å²) in [5, 5.41) is 0.910. The van der Waals surface area contributed by atoms with Crippen LogP contribution in [0.5, 0.6) is 0 Å². The van der Waals surface area contributed by atoms with E-state index in [1.54, 1.807) is 4.90 Å². The molecule has 1 aromatic carbocycles. The molecule has 4 nitrogen and oxygen atoms in total. The number of carbonyl (C=O) groups excluding carboxylic acids is 1. The van der Waals surface area contributed by atoms with Crippen molar-refractivity contribution in [2.24, 2.45) is 0 Å². The van der Waals surface area contributed by atoms with Gasteiger partial charge in [0.05, 0.1) is 5.75 Å². The number of rotatable bonds is 4. The molecule has 0 saturated heterocycles. The van der Waals surface area contributed by atoms with E-state index in [1.807, 2.05) is 18.2 Å². The first-order chi connectivity index (χ1) is 9.94. The van der Waals surface area contributed by atoms with Gasteiger partial charge in [0.2, 0.25) is 5.91 Å². The molecule has 0 saturated carbocycles. The molecular formula is C15H18BrNO3S. The Hall–Kier alpha value is -1.14. The van der Waals surface area contributed by atoms with Gasteiger partial charge in [-0.15, -0.1) is 0 Å². The fraction of sp³-hybridized carbons (Fsp3) is 0.400. The second kappa shape index (κ2) is 6.75. The molecule has 0 N–H and O–H groups in total. The lowest BCUT2D eigenvalue weighted by Crippen LogP contribution is -2.32. The van der Waals surface area contributed by atoms with E-state index >= 15 is 0 Å². The minimum Gasteiger partial charge on any atom is -0.312 e. The number of benzene rings is 1. The van der Waals surface area contributed by atoms with Crippen LogP contribution in [0.4, 0.5) is 5.69 Å². The molecule has 114 valence electrons. The molecule has 1 aliphatic rings. The molecule has 1 amide bonds. The number of anilines is 1. The molecule has 1 aromatic rings. The predicted molar refractivity (Wildman–Crippen MR) is 88.0 cm³/mol. The summed E-state index contributed by atoms with van der Waals surface area (Å²) in [4.78, 5) is 14.1. The highest BCUT2D eigenvalue weighted by molar-refractivity contribution is 9.10. The Kier molecular flexibility index (Phi) is 5.22. The van der Waals surface area contributed by atoms with Crippen molar-refractivity contribution in [2.75, 3.05) is 17.2 Å². The van der Waals surface area contributed by atoms with Crippen LogP contribution in [0.3, 0.4) is 0 Å². The van der Waals surface area contributed by atoms with Crippen LogP contribution in [0, 0.1) is 0 Å². The lowest BCUT2D eigenvalue weighted by atomic mass is 10.1. The van der Waals surface area contributed by atoms with Gasteiger partial charge in [0, 0.05) is 28.5 Å². The third-order valence-corrected chi connectivity index (χ3v) is 5.62. The maximum Gasteiger partial charge on any atom is 0.228 e. The lowest BCUT2D eigenvalue weighted by molar-refractivity contribution is -0.118. The van der Waals surface area contributed by atoms with E-state index in [4.69, 9.17) is 0 Å². The van der Waals surface area contributed by atoms with Gasteiger partial charge in [-0.05, 0) is 37.0 Å². The van der Waals surface area contributed by atoms with Crippen molar-refractivity contribution < 1.29 is 13.2 Å². The first-order valence-electron chi connectivity index (χ1n) is 6.87. The third-order valence-electron chi connectivity index (χ3n) is 3.60. The summed E-state index contributed by atoms with van der Waals surface area (Å²) in [7, 11) is -3.34. The molecule has 1 aliphatic heterocycles. The molecule has 21 heavy (non-hydrogen) atoms. The van der Waals surface area contributed by atoms with Crippen LogP contribution in [0.2, 0.25) is 0 Å². The molecule has 2 rings (SSSR count). The van der Waals surface area contributed by atoms with Gasteiger partial charge < -0.3 is 4.90 Å². The van der Waals surface area contributed by atoms with Crippen molar-refractivity contribution in [3.8, 4) is 0 Å².